The van der Waals surface area contributed by atoms with E-state index in [1.54, 1.807) is 6.92 Å². The predicted molar refractivity (Wildman–Crippen MR) is 117 cm³/mol. The zero-order valence-corrected chi connectivity index (χ0v) is 17.6. The second kappa shape index (κ2) is 8.27. The van der Waals surface area contributed by atoms with Crippen LogP contribution in [0, 0.1) is 0 Å². The molecule has 156 valence electrons. The molecule has 1 aromatic carbocycles. The number of nitrogens with two attached hydrogens (primary N) is 1. The van der Waals surface area contributed by atoms with Gasteiger partial charge in [-0.2, -0.15) is 4.98 Å². The summed E-state index contributed by atoms with van der Waals surface area (Å²) in [5.41, 5.74) is 7.42. The molecule has 0 aliphatic carbocycles. The lowest BCUT2D eigenvalue weighted by molar-refractivity contribution is -0.129. The molecular formula is C20H23ClN8O. The number of aromatic nitrogens is 4. The van der Waals surface area contributed by atoms with E-state index in [1.165, 1.54) is 6.33 Å². The number of rotatable bonds is 4. The van der Waals surface area contributed by atoms with Gasteiger partial charge in [0, 0.05) is 44.1 Å². The van der Waals surface area contributed by atoms with E-state index in [0.717, 1.165) is 22.3 Å². The van der Waals surface area contributed by atoms with Gasteiger partial charge in [-0.15, -0.1) is 0 Å². The molecule has 0 saturated carbocycles. The predicted octanol–water partition coefficient (Wildman–Crippen LogP) is 2.50. The van der Waals surface area contributed by atoms with Gasteiger partial charge in [0.15, 0.2) is 0 Å². The van der Waals surface area contributed by atoms with Gasteiger partial charge in [-0.3, -0.25) is 4.79 Å². The normalized spacial score (nSPS) is 15.3. The minimum absolute atomic E-state index is 0.0897. The van der Waals surface area contributed by atoms with Crippen LogP contribution >= 0.6 is 11.6 Å². The molecule has 9 nitrogen and oxygen atoms in total. The van der Waals surface area contributed by atoms with Crippen LogP contribution in [0.15, 0.2) is 30.6 Å². The summed E-state index contributed by atoms with van der Waals surface area (Å²) in [6, 6.07) is 7.67. The Hall–Kier alpha value is -3.20. The number of halogens is 1. The van der Waals surface area contributed by atoms with Gasteiger partial charge in [0.2, 0.25) is 17.8 Å². The molecule has 0 spiro atoms. The number of pyridine rings is 1. The van der Waals surface area contributed by atoms with Crippen LogP contribution in [0.2, 0.25) is 5.02 Å². The van der Waals surface area contributed by atoms with Crippen LogP contribution in [0.4, 0.5) is 17.7 Å². The maximum atomic E-state index is 11.7. The Morgan fingerprint density at radius 1 is 1.20 bits per heavy atom. The molecule has 1 fully saturated rings. The van der Waals surface area contributed by atoms with Crippen molar-refractivity contribution in [2.75, 3.05) is 42.1 Å². The lowest BCUT2D eigenvalue weighted by Crippen LogP contribution is -2.48. The maximum Gasteiger partial charge on any atom is 0.227 e. The number of anilines is 3. The van der Waals surface area contributed by atoms with E-state index in [-0.39, 0.29) is 17.9 Å². The summed E-state index contributed by atoms with van der Waals surface area (Å²) < 4.78 is 0. The summed E-state index contributed by atoms with van der Waals surface area (Å²) in [5, 5.41) is 4.83. The van der Waals surface area contributed by atoms with E-state index in [9.17, 15) is 4.79 Å². The third-order valence-electron chi connectivity index (χ3n) is 5.23. The highest BCUT2D eigenvalue weighted by Crippen LogP contribution is 2.33. The van der Waals surface area contributed by atoms with Crippen LogP contribution < -0.4 is 16.0 Å². The number of piperazine rings is 1. The zero-order valence-electron chi connectivity index (χ0n) is 16.8. The van der Waals surface area contributed by atoms with Crippen molar-refractivity contribution >= 4 is 46.1 Å². The summed E-state index contributed by atoms with van der Waals surface area (Å²) in [6.45, 7) is 6.32. The monoisotopic (exact) mass is 426 g/mol. The second-order valence-electron chi connectivity index (χ2n) is 7.24. The fourth-order valence-corrected chi connectivity index (χ4v) is 3.85. The number of fused-ring (bicyclic) bond motifs is 1. The standard InChI is InChI=1S/C20H23ClN8O/c1-12(25-20-24-11-23-19(22)27-20)15-10-14-4-3-5-16(21)17(14)26-18(15)29-8-6-28(7-9-29)13(2)30/h3-5,10-12H,6-9H2,1-2H3,(H3,22,23,24,25,27)/t12-/m0/s1. The molecule has 1 saturated heterocycles. The third kappa shape index (κ3) is 4.06. The fourth-order valence-electron chi connectivity index (χ4n) is 3.62. The summed E-state index contributed by atoms with van der Waals surface area (Å²) in [4.78, 5) is 32.8. The fraction of sp³-hybridized carbons (Fsp3) is 0.350. The smallest absolute Gasteiger partial charge is 0.227 e. The largest absolute Gasteiger partial charge is 0.368 e. The lowest BCUT2D eigenvalue weighted by Gasteiger charge is -2.36. The van der Waals surface area contributed by atoms with Crippen molar-refractivity contribution in [1.82, 2.24) is 24.8 Å². The minimum Gasteiger partial charge on any atom is -0.368 e. The first kappa shape index (κ1) is 20.1. The van der Waals surface area contributed by atoms with Crippen LogP contribution in [0.3, 0.4) is 0 Å². The number of benzene rings is 1. The van der Waals surface area contributed by atoms with E-state index >= 15 is 0 Å². The van der Waals surface area contributed by atoms with Crippen LogP contribution in [-0.2, 0) is 4.79 Å². The molecular weight excluding hydrogens is 404 g/mol. The van der Waals surface area contributed by atoms with E-state index in [4.69, 9.17) is 22.3 Å². The Kier molecular flexibility index (Phi) is 5.54. The van der Waals surface area contributed by atoms with E-state index in [1.807, 2.05) is 30.0 Å². The lowest BCUT2D eigenvalue weighted by atomic mass is 10.0. The Balaban J connectivity index is 1.71. The average molecular weight is 427 g/mol. The SMILES string of the molecule is CC(=O)N1CCN(c2nc3c(Cl)cccc3cc2[C@H](C)Nc2ncnc(N)n2)CC1. The molecule has 1 aliphatic rings. The molecule has 0 radical (unpaired) electrons. The molecule has 2 aromatic heterocycles. The van der Waals surface area contributed by atoms with Crippen LogP contribution in [-0.4, -0.2) is 56.9 Å². The van der Waals surface area contributed by atoms with Gasteiger partial charge >= 0.3 is 0 Å². The van der Waals surface area contributed by atoms with Crippen molar-refractivity contribution in [2.45, 2.75) is 19.9 Å². The van der Waals surface area contributed by atoms with Crippen molar-refractivity contribution in [3.05, 3.63) is 41.2 Å². The van der Waals surface area contributed by atoms with Crippen LogP contribution in [0.1, 0.15) is 25.5 Å². The van der Waals surface area contributed by atoms with Gasteiger partial charge < -0.3 is 20.9 Å². The van der Waals surface area contributed by atoms with Crippen LogP contribution in [0.25, 0.3) is 10.9 Å². The van der Waals surface area contributed by atoms with E-state index in [0.29, 0.717) is 37.1 Å². The van der Waals surface area contributed by atoms with Crippen LogP contribution in [0.5, 0.6) is 0 Å². The van der Waals surface area contributed by atoms with E-state index in [2.05, 4.69) is 31.2 Å². The average Bonchev–Trinajstić information content (AvgIpc) is 2.73. The van der Waals surface area contributed by atoms with Gasteiger partial charge in [0.05, 0.1) is 16.6 Å². The summed E-state index contributed by atoms with van der Waals surface area (Å²) in [6.07, 6.45) is 1.37. The summed E-state index contributed by atoms with van der Waals surface area (Å²) in [5.74, 6) is 1.48. The number of amides is 1. The Bertz CT molecular complexity index is 1080. The highest BCUT2D eigenvalue weighted by Gasteiger charge is 2.24. The van der Waals surface area contributed by atoms with Gasteiger partial charge in [0.25, 0.3) is 0 Å². The quantitative estimate of drug-likeness (QED) is 0.654. The second-order valence-corrected chi connectivity index (χ2v) is 7.65. The molecule has 0 bridgehead atoms. The first-order valence-electron chi connectivity index (χ1n) is 9.73. The Labute approximate surface area is 179 Å². The maximum absolute atomic E-state index is 11.7. The molecule has 3 aromatic rings. The van der Waals surface area contributed by atoms with Crippen molar-refractivity contribution < 1.29 is 4.79 Å². The number of carbonyl (C=O) groups is 1. The zero-order chi connectivity index (χ0) is 21.3. The molecule has 10 heteroatoms. The van der Waals surface area contributed by atoms with Crippen molar-refractivity contribution in [3.63, 3.8) is 0 Å². The molecule has 1 amide bonds. The first-order valence-corrected chi connectivity index (χ1v) is 10.1. The molecule has 1 atom stereocenters. The number of hydrogen-bond donors (Lipinski definition) is 2. The third-order valence-corrected chi connectivity index (χ3v) is 5.54. The van der Waals surface area contributed by atoms with Gasteiger partial charge in [-0.1, -0.05) is 23.7 Å². The molecule has 0 unspecified atom stereocenters. The Morgan fingerprint density at radius 3 is 2.67 bits per heavy atom. The number of carbonyl (C=O) groups excluding carboxylic acids is 1. The van der Waals surface area contributed by atoms with Gasteiger partial charge in [-0.05, 0) is 19.1 Å². The van der Waals surface area contributed by atoms with Crippen molar-refractivity contribution in [1.29, 1.82) is 0 Å². The van der Waals surface area contributed by atoms with Gasteiger partial charge in [0.1, 0.15) is 12.1 Å². The molecule has 3 heterocycles. The highest BCUT2D eigenvalue weighted by molar-refractivity contribution is 6.35. The summed E-state index contributed by atoms with van der Waals surface area (Å²) in [7, 11) is 0. The number of hydrogen-bond acceptors (Lipinski definition) is 8. The van der Waals surface area contributed by atoms with Crippen molar-refractivity contribution in [2.24, 2.45) is 0 Å². The molecule has 1 aliphatic heterocycles. The topological polar surface area (TPSA) is 113 Å². The first-order chi connectivity index (χ1) is 14.4. The summed E-state index contributed by atoms with van der Waals surface area (Å²) >= 11 is 6.42. The van der Waals surface area contributed by atoms with E-state index < -0.39 is 0 Å². The number of nitrogens with one attached hydrogen (secondary N) is 1. The minimum atomic E-state index is -0.150. The number of para-hydroxylation sites is 1. The Morgan fingerprint density at radius 2 is 1.97 bits per heavy atom. The van der Waals surface area contributed by atoms with Gasteiger partial charge in [-0.25, -0.2) is 15.0 Å². The molecule has 30 heavy (non-hydrogen) atoms. The molecule has 3 N–H and O–H groups in total. The highest BCUT2D eigenvalue weighted by atomic mass is 35.5. The van der Waals surface area contributed by atoms with Crippen molar-refractivity contribution in [3.8, 4) is 0 Å². The molecule has 4 rings (SSSR count). The number of nitrogen functional groups attached to an aromatic ring is 1. The number of nitrogens with zero attached hydrogens (tertiary/aromatic N) is 6.